The quantitative estimate of drug-likeness (QED) is 0.794. The van der Waals surface area contributed by atoms with Gasteiger partial charge >= 0.3 is 12.2 Å². The van der Waals surface area contributed by atoms with E-state index >= 15 is 0 Å². The van der Waals surface area contributed by atoms with Crippen molar-refractivity contribution in [3.05, 3.63) is 0 Å². The molecule has 1 aliphatic carbocycles. The number of ether oxygens (including phenoxy) is 1. The maximum absolute atomic E-state index is 11.8. The normalized spacial score (nSPS) is 22.7. The van der Waals surface area contributed by atoms with Crippen LogP contribution in [0.5, 0.6) is 0 Å². The summed E-state index contributed by atoms with van der Waals surface area (Å²) in [5.74, 6) is 0. The van der Waals surface area contributed by atoms with Gasteiger partial charge in [0.25, 0.3) is 0 Å². The van der Waals surface area contributed by atoms with Crippen molar-refractivity contribution in [2.45, 2.75) is 37.8 Å². The Morgan fingerprint density at radius 3 is 2.37 bits per heavy atom. The number of carboxylic acid groups (broad SMARTS) is 1. The summed E-state index contributed by atoms with van der Waals surface area (Å²) in [7, 11) is 3.15. The zero-order chi connectivity index (χ0) is 14.4. The van der Waals surface area contributed by atoms with E-state index in [0.717, 1.165) is 30.6 Å². The first kappa shape index (κ1) is 15.6. The van der Waals surface area contributed by atoms with Crippen LogP contribution in [0.4, 0.5) is 9.59 Å². The molecule has 110 valence electrons. The Balaban J connectivity index is 2.27. The van der Waals surface area contributed by atoms with Gasteiger partial charge in [-0.1, -0.05) is 0 Å². The fraction of sp³-hybridized carbons (Fsp3) is 0.833. The third-order valence-electron chi connectivity index (χ3n) is 3.56. The third kappa shape index (κ3) is 4.94. The number of likely N-dealkylation sites (N-methyl/N-ethyl adjacent to an activating group) is 1. The summed E-state index contributed by atoms with van der Waals surface area (Å²) in [5, 5.41) is 8.65. The van der Waals surface area contributed by atoms with Gasteiger partial charge in [0.1, 0.15) is 6.61 Å². The second-order valence-corrected chi connectivity index (χ2v) is 5.00. The van der Waals surface area contributed by atoms with Gasteiger partial charge in [-0.05, 0) is 25.7 Å². The predicted molar refractivity (Wildman–Crippen MR) is 70.0 cm³/mol. The second-order valence-electron chi connectivity index (χ2n) is 5.00. The van der Waals surface area contributed by atoms with Crippen molar-refractivity contribution < 1.29 is 19.4 Å². The minimum absolute atomic E-state index is 0.0677. The molecule has 0 aliphatic heterocycles. The monoisotopic (exact) mass is 273 g/mol. The Hall–Kier alpha value is -1.50. The predicted octanol–water partition coefficient (Wildman–Crippen LogP) is 0.935. The molecular weight excluding hydrogens is 250 g/mol. The molecule has 0 saturated heterocycles. The number of nitrogens with zero attached hydrogens (tertiary/aromatic N) is 2. The van der Waals surface area contributed by atoms with E-state index in [1.165, 1.54) is 7.05 Å². The number of nitrogens with two attached hydrogens (primary N) is 1. The van der Waals surface area contributed by atoms with Crippen molar-refractivity contribution in [3.8, 4) is 0 Å². The summed E-state index contributed by atoms with van der Waals surface area (Å²) in [6.07, 6.45) is 2.18. The first-order valence-corrected chi connectivity index (χ1v) is 6.51. The molecule has 1 rings (SSSR count). The molecular formula is C12H23N3O4. The van der Waals surface area contributed by atoms with E-state index in [-0.39, 0.29) is 25.2 Å². The van der Waals surface area contributed by atoms with Crippen molar-refractivity contribution in [2.24, 2.45) is 5.73 Å². The highest BCUT2D eigenvalue weighted by Crippen LogP contribution is 2.21. The van der Waals surface area contributed by atoms with Gasteiger partial charge in [-0.15, -0.1) is 0 Å². The number of carbonyl (C=O) groups is 2. The average Bonchev–Trinajstić information content (AvgIpc) is 2.38. The third-order valence-corrected chi connectivity index (χ3v) is 3.56. The van der Waals surface area contributed by atoms with Gasteiger partial charge in [0, 0.05) is 26.2 Å². The van der Waals surface area contributed by atoms with E-state index in [1.54, 1.807) is 11.9 Å². The molecule has 1 fully saturated rings. The summed E-state index contributed by atoms with van der Waals surface area (Å²) < 4.78 is 5.06. The molecule has 7 nitrogen and oxygen atoms in total. The van der Waals surface area contributed by atoms with Crippen molar-refractivity contribution in [3.63, 3.8) is 0 Å². The van der Waals surface area contributed by atoms with Crippen LogP contribution in [-0.2, 0) is 4.74 Å². The van der Waals surface area contributed by atoms with E-state index in [1.807, 2.05) is 0 Å². The SMILES string of the molecule is CN(CCOC(=O)N(C)C1CCC(N)CC1)C(=O)O. The number of hydrogen-bond acceptors (Lipinski definition) is 4. The minimum atomic E-state index is -1.04. The van der Waals surface area contributed by atoms with Crippen LogP contribution in [0.25, 0.3) is 0 Å². The van der Waals surface area contributed by atoms with Crippen LogP contribution in [0, 0.1) is 0 Å². The molecule has 0 spiro atoms. The highest BCUT2D eigenvalue weighted by Gasteiger charge is 2.25. The Morgan fingerprint density at radius 1 is 1.26 bits per heavy atom. The summed E-state index contributed by atoms with van der Waals surface area (Å²) >= 11 is 0. The van der Waals surface area contributed by atoms with E-state index in [0.29, 0.717) is 0 Å². The van der Waals surface area contributed by atoms with Gasteiger partial charge < -0.3 is 25.4 Å². The highest BCUT2D eigenvalue weighted by atomic mass is 16.6. The molecule has 7 heteroatoms. The number of amides is 2. The van der Waals surface area contributed by atoms with Gasteiger partial charge in [-0.2, -0.15) is 0 Å². The van der Waals surface area contributed by atoms with Gasteiger partial charge in [0.05, 0.1) is 6.54 Å². The Morgan fingerprint density at radius 2 is 1.84 bits per heavy atom. The number of hydrogen-bond donors (Lipinski definition) is 2. The molecule has 3 N–H and O–H groups in total. The molecule has 19 heavy (non-hydrogen) atoms. The number of carbonyl (C=O) groups excluding carboxylic acids is 1. The van der Waals surface area contributed by atoms with Crippen LogP contribution in [0.1, 0.15) is 25.7 Å². The van der Waals surface area contributed by atoms with Gasteiger partial charge in [-0.3, -0.25) is 0 Å². The summed E-state index contributed by atoms with van der Waals surface area (Å²) in [6.45, 7) is 0.239. The fourth-order valence-electron chi connectivity index (χ4n) is 2.11. The first-order valence-electron chi connectivity index (χ1n) is 6.51. The fourth-order valence-corrected chi connectivity index (χ4v) is 2.11. The van der Waals surface area contributed by atoms with Crippen LogP contribution >= 0.6 is 0 Å². The minimum Gasteiger partial charge on any atom is -0.465 e. The molecule has 0 bridgehead atoms. The lowest BCUT2D eigenvalue weighted by Crippen LogP contribution is -2.42. The maximum atomic E-state index is 11.8. The second kappa shape index (κ2) is 7.18. The molecule has 0 radical (unpaired) electrons. The molecule has 0 aromatic carbocycles. The summed E-state index contributed by atoms with van der Waals surface area (Å²) in [5.41, 5.74) is 5.82. The maximum Gasteiger partial charge on any atom is 0.409 e. The van der Waals surface area contributed by atoms with Crippen LogP contribution in [0.2, 0.25) is 0 Å². The smallest absolute Gasteiger partial charge is 0.409 e. The van der Waals surface area contributed by atoms with Crippen LogP contribution in [0.3, 0.4) is 0 Å². The van der Waals surface area contributed by atoms with Crippen molar-refractivity contribution in [1.29, 1.82) is 0 Å². The summed E-state index contributed by atoms with van der Waals surface area (Å²) in [4.78, 5) is 25.0. The Labute approximate surface area is 113 Å². The van der Waals surface area contributed by atoms with Crippen molar-refractivity contribution in [2.75, 3.05) is 27.2 Å². The van der Waals surface area contributed by atoms with Crippen LogP contribution < -0.4 is 5.73 Å². The average molecular weight is 273 g/mol. The van der Waals surface area contributed by atoms with Crippen molar-refractivity contribution in [1.82, 2.24) is 9.80 Å². The van der Waals surface area contributed by atoms with E-state index in [9.17, 15) is 9.59 Å². The molecule has 0 aromatic rings. The molecule has 0 aromatic heterocycles. The zero-order valence-corrected chi connectivity index (χ0v) is 11.5. The molecule has 1 saturated carbocycles. The van der Waals surface area contributed by atoms with Gasteiger partial charge in [0.2, 0.25) is 0 Å². The standard InChI is InChI=1S/C12H23N3O4/c1-14(11(16)17)7-8-19-12(18)15(2)10-5-3-9(13)4-6-10/h9-10H,3-8,13H2,1-2H3,(H,16,17). The molecule has 1 aliphatic rings. The zero-order valence-electron chi connectivity index (χ0n) is 11.5. The van der Waals surface area contributed by atoms with Gasteiger partial charge in [-0.25, -0.2) is 9.59 Å². The first-order chi connectivity index (χ1) is 8.91. The number of rotatable bonds is 4. The molecule has 2 amide bonds. The van der Waals surface area contributed by atoms with Crippen molar-refractivity contribution >= 4 is 12.2 Å². The van der Waals surface area contributed by atoms with E-state index in [4.69, 9.17) is 15.6 Å². The van der Waals surface area contributed by atoms with Crippen LogP contribution in [-0.4, -0.2) is 66.4 Å². The lowest BCUT2D eigenvalue weighted by Gasteiger charge is -2.32. The largest absolute Gasteiger partial charge is 0.465 e. The Kier molecular flexibility index (Phi) is 5.88. The van der Waals surface area contributed by atoms with E-state index in [2.05, 4.69) is 0 Å². The topological polar surface area (TPSA) is 96.1 Å². The Bertz CT molecular complexity index is 316. The highest BCUT2D eigenvalue weighted by molar-refractivity contribution is 5.68. The molecule has 0 unspecified atom stereocenters. The van der Waals surface area contributed by atoms with Gasteiger partial charge in [0.15, 0.2) is 0 Å². The van der Waals surface area contributed by atoms with E-state index < -0.39 is 12.2 Å². The molecule has 0 heterocycles. The lowest BCUT2D eigenvalue weighted by molar-refractivity contribution is 0.0789. The van der Waals surface area contributed by atoms with Crippen LogP contribution in [0.15, 0.2) is 0 Å². The summed E-state index contributed by atoms with van der Waals surface area (Å²) in [6, 6.07) is 0.411. The molecule has 0 atom stereocenters. The lowest BCUT2D eigenvalue weighted by atomic mass is 9.91.